The van der Waals surface area contributed by atoms with Gasteiger partial charge < -0.3 is 15.7 Å². The Morgan fingerprint density at radius 2 is 2.05 bits per heavy atom. The van der Waals surface area contributed by atoms with Crippen molar-refractivity contribution in [3.8, 4) is 0 Å². The predicted octanol–water partition coefficient (Wildman–Crippen LogP) is 1.67. The molecule has 0 radical (unpaired) electrons. The van der Waals surface area contributed by atoms with Gasteiger partial charge >= 0.3 is 5.97 Å². The molecule has 1 aliphatic heterocycles. The van der Waals surface area contributed by atoms with Crippen LogP contribution in [0.15, 0.2) is 0 Å². The lowest BCUT2D eigenvalue weighted by Gasteiger charge is -2.40. The molecule has 0 aromatic carbocycles. The van der Waals surface area contributed by atoms with E-state index < -0.39 is 5.97 Å². The number of carboxylic acid groups (broad SMARTS) is 1. The second kappa shape index (κ2) is 7.07. The second-order valence-corrected chi connectivity index (χ2v) is 6.39. The third-order valence-electron chi connectivity index (χ3n) is 4.73. The van der Waals surface area contributed by atoms with Crippen molar-refractivity contribution < 1.29 is 14.7 Å². The molecule has 3 N–H and O–H groups in total. The first-order valence-electron chi connectivity index (χ1n) is 7.82. The van der Waals surface area contributed by atoms with Gasteiger partial charge in [-0.2, -0.15) is 0 Å². The lowest BCUT2D eigenvalue weighted by molar-refractivity contribution is -0.141. The molecule has 1 atom stereocenters. The van der Waals surface area contributed by atoms with Gasteiger partial charge in [-0.15, -0.1) is 0 Å². The zero-order valence-corrected chi connectivity index (χ0v) is 12.1. The molecule has 1 heterocycles. The van der Waals surface area contributed by atoms with Gasteiger partial charge in [-0.25, -0.2) is 0 Å². The number of carboxylic acids is 1. The molecule has 0 bridgehead atoms. The summed E-state index contributed by atoms with van der Waals surface area (Å²) in [5.74, 6) is -0.695. The number of hydrogen-bond acceptors (Lipinski definition) is 3. The zero-order chi connectivity index (χ0) is 14.4. The fourth-order valence-corrected chi connectivity index (χ4v) is 3.26. The molecule has 1 unspecified atom stereocenters. The summed E-state index contributed by atoms with van der Waals surface area (Å²) in [6, 6.07) is 0.478. The van der Waals surface area contributed by atoms with Gasteiger partial charge in [-0.3, -0.25) is 9.59 Å². The van der Waals surface area contributed by atoms with Gasteiger partial charge in [0, 0.05) is 19.0 Å². The highest BCUT2D eigenvalue weighted by Gasteiger charge is 2.39. The van der Waals surface area contributed by atoms with Crippen LogP contribution >= 0.6 is 0 Å². The van der Waals surface area contributed by atoms with Crippen LogP contribution in [0, 0.1) is 5.41 Å². The molecule has 0 spiro atoms. The van der Waals surface area contributed by atoms with Gasteiger partial charge in [0.1, 0.15) is 0 Å². The zero-order valence-electron chi connectivity index (χ0n) is 12.1. The summed E-state index contributed by atoms with van der Waals surface area (Å²) in [4.78, 5) is 22.7. The van der Waals surface area contributed by atoms with Crippen molar-refractivity contribution in [3.63, 3.8) is 0 Å². The Bertz CT molecular complexity index is 347. The molecule has 0 aromatic rings. The molecular formula is C15H26N2O3. The Morgan fingerprint density at radius 3 is 2.60 bits per heavy atom. The van der Waals surface area contributed by atoms with Crippen LogP contribution in [0.4, 0.5) is 0 Å². The number of piperidine rings is 1. The minimum absolute atomic E-state index is 0.0639. The van der Waals surface area contributed by atoms with E-state index in [0.29, 0.717) is 19.0 Å². The Kier molecular flexibility index (Phi) is 5.40. The Morgan fingerprint density at radius 1 is 1.25 bits per heavy atom. The van der Waals surface area contributed by atoms with Crippen molar-refractivity contribution in [3.05, 3.63) is 0 Å². The summed E-state index contributed by atoms with van der Waals surface area (Å²) in [6.07, 6.45) is 8.18. The Hall–Kier alpha value is -1.10. The Balaban J connectivity index is 1.65. The fourth-order valence-electron chi connectivity index (χ4n) is 3.26. The summed E-state index contributed by atoms with van der Waals surface area (Å²) in [6.45, 7) is 1.59. The maximum Gasteiger partial charge on any atom is 0.303 e. The van der Waals surface area contributed by atoms with Gasteiger partial charge in [-0.05, 0) is 44.1 Å². The molecule has 20 heavy (non-hydrogen) atoms. The van der Waals surface area contributed by atoms with E-state index in [1.165, 1.54) is 12.8 Å². The van der Waals surface area contributed by atoms with Crippen molar-refractivity contribution in [2.45, 2.75) is 63.8 Å². The topological polar surface area (TPSA) is 78.4 Å². The van der Waals surface area contributed by atoms with Crippen molar-refractivity contribution in [2.75, 3.05) is 13.1 Å². The molecule has 5 nitrogen and oxygen atoms in total. The van der Waals surface area contributed by atoms with Crippen LogP contribution in [0.25, 0.3) is 0 Å². The molecule has 114 valence electrons. The minimum atomic E-state index is -0.759. The van der Waals surface area contributed by atoms with Crippen molar-refractivity contribution in [2.24, 2.45) is 5.41 Å². The van der Waals surface area contributed by atoms with Crippen molar-refractivity contribution in [1.29, 1.82) is 0 Å². The van der Waals surface area contributed by atoms with E-state index in [2.05, 4.69) is 10.6 Å². The van der Waals surface area contributed by atoms with Gasteiger partial charge in [0.15, 0.2) is 0 Å². The van der Waals surface area contributed by atoms with Crippen LogP contribution in [0.3, 0.4) is 0 Å². The van der Waals surface area contributed by atoms with Gasteiger partial charge in [0.25, 0.3) is 0 Å². The minimum Gasteiger partial charge on any atom is -0.481 e. The summed E-state index contributed by atoms with van der Waals surface area (Å²) in [7, 11) is 0. The van der Waals surface area contributed by atoms with Crippen LogP contribution < -0.4 is 10.6 Å². The quantitative estimate of drug-likeness (QED) is 0.663. The normalized spacial score (nSPS) is 24.7. The molecule has 0 aromatic heterocycles. The van der Waals surface area contributed by atoms with E-state index in [1.807, 2.05) is 0 Å². The third kappa shape index (κ3) is 4.47. The van der Waals surface area contributed by atoms with E-state index >= 15 is 0 Å². The second-order valence-electron chi connectivity index (χ2n) is 6.39. The molecular weight excluding hydrogens is 256 g/mol. The SMILES string of the molecule is O=C(O)CC1(CNC(=O)CCC2CCCCN2)CCC1. The first-order chi connectivity index (χ1) is 9.60. The van der Waals surface area contributed by atoms with Crippen molar-refractivity contribution in [1.82, 2.24) is 10.6 Å². The number of amides is 1. The largest absolute Gasteiger partial charge is 0.481 e. The van der Waals surface area contributed by atoms with Crippen LogP contribution in [-0.2, 0) is 9.59 Å². The fraction of sp³-hybridized carbons (Fsp3) is 0.867. The van der Waals surface area contributed by atoms with E-state index in [-0.39, 0.29) is 17.7 Å². The highest BCUT2D eigenvalue weighted by atomic mass is 16.4. The first-order valence-corrected chi connectivity index (χ1v) is 7.82. The molecule has 2 rings (SSSR count). The number of rotatable bonds is 7. The standard InChI is InChI=1S/C15H26N2O3/c18-13(6-5-12-4-1-2-9-16-12)17-11-15(7-3-8-15)10-14(19)20/h12,16H,1-11H2,(H,17,18)(H,19,20). The van der Waals surface area contributed by atoms with Crippen molar-refractivity contribution >= 4 is 11.9 Å². The number of carbonyl (C=O) groups excluding carboxylic acids is 1. The molecule has 5 heteroatoms. The molecule has 1 aliphatic carbocycles. The molecule has 2 fully saturated rings. The maximum atomic E-state index is 11.9. The highest BCUT2D eigenvalue weighted by Crippen LogP contribution is 2.43. The summed E-state index contributed by atoms with van der Waals surface area (Å²) < 4.78 is 0. The van der Waals surface area contributed by atoms with Crippen LogP contribution in [0.2, 0.25) is 0 Å². The van der Waals surface area contributed by atoms with E-state index in [1.54, 1.807) is 0 Å². The summed E-state index contributed by atoms with van der Waals surface area (Å²) in [5.41, 5.74) is -0.176. The van der Waals surface area contributed by atoms with E-state index in [9.17, 15) is 9.59 Å². The number of nitrogens with one attached hydrogen (secondary N) is 2. The first kappa shape index (κ1) is 15.3. The number of hydrogen-bond donors (Lipinski definition) is 3. The third-order valence-corrected chi connectivity index (χ3v) is 4.73. The Labute approximate surface area is 120 Å². The van der Waals surface area contributed by atoms with Gasteiger partial charge in [0.2, 0.25) is 5.91 Å². The summed E-state index contributed by atoms with van der Waals surface area (Å²) in [5, 5.41) is 15.3. The highest BCUT2D eigenvalue weighted by molar-refractivity contribution is 5.76. The van der Waals surface area contributed by atoms with E-state index in [0.717, 1.165) is 38.6 Å². The lowest BCUT2D eigenvalue weighted by Crippen LogP contribution is -2.44. The molecule has 1 saturated heterocycles. The van der Waals surface area contributed by atoms with Crippen LogP contribution in [0.1, 0.15) is 57.8 Å². The maximum absolute atomic E-state index is 11.9. The monoisotopic (exact) mass is 282 g/mol. The van der Waals surface area contributed by atoms with Gasteiger partial charge in [0.05, 0.1) is 6.42 Å². The van der Waals surface area contributed by atoms with Crippen LogP contribution in [-0.4, -0.2) is 36.1 Å². The molecule has 1 amide bonds. The van der Waals surface area contributed by atoms with E-state index in [4.69, 9.17) is 5.11 Å². The number of aliphatic carboxylic acids is 1. The predicted molar refractivity (Wildman–Crippen MR) is 76.4 cm³/mol. The number of carbonyl (C=O) groups is 2. The molecule has 1 saturated carbocycles. The lowest BCUT2D eigenvalue weighted by atomic mass is 9.66. The molecule has 2 aliphatic rings. The smallest absolute Gasteiger partial charge is 0.303 e. The van der Waals surface area contributed by atoms with Gasteiger partial charge in [-0.1, -0.05) is 12.8 Å². The summed E-state index contributed by atoms with van der Waals surface area (Å²) >= 11 is 0. The van der Waals surface area contributed by atoms with Crippen LogP contribution in [0.5, 0.6) is 0 Å². The average molecular weight is 282 g/mol. The average Bonchev–Trinajstić information content (AvgIpc) is 2.40.